The van der Waals surface area contributed by atoms with E-state index in [1.54, 1.807) is 14.2 Å². The number of hydrogen-bond acceptors (Lipinski definition) is 5. The van der Waals surface area contributed by atoms with Gasteiger partial charge in [0.05, 0.1) is 25.4 Å². The second kappa shape index (κ2) is 9.27. The van der Waals surface area contributed by atoms with Gasteiger partial charge in [0.1, 0.15) is 0 Å². The molecule has 5 nitrogen and oxygen atoms in total. The van der Waals surface area contributed by atoms with E-state index in [2.05, 4.69) is 17.4 Å². The summed E-state index contributed by atoms with van der Waals surface area (Å²) in [4.78, 5) is 5.07. The summed E-state index contributed by atoms with van der Waals surface area (Å²) >= 11 is 0. The molecule has 3 rings (SSSR count). The van der Waals surface area contributed by atoms with Crippen LogP contribution in [0.25, 0.3) is 10.9 Å². The first-order valence-electron chi connectivity index (χ1n) is 10.2. The molecule has 1 aliphatic rings. The number of anilines is 1. The third-order valence-corrected chi connectivity index (χ3v) is 5.51. The van der Waals surface area contributed by atoms with E-state index in [1.807, 2.05) is 13.0 Å². The van der Waals surface area contributed by atoms with Crippen LogP contribution in [0.2, 0.25) is 0 Å². The van der Waals surface area contributed by atoms with Crippen molar-refractivity contribution in [2.24, 2.45) is 5.73 Å². The molecule has 0 aliphatic heterocycles. The molecule has 1 aliphatic carbocycles. The lowest BCUT2D eigenvalue weighted by Crippen LogP contribution is -2.16. The fraction of sp³-hybridized carbons (Fsp3) is 0.591. The third-order valence-electron chi connectivity index (χ3n) is 5.51. The van der Waals surface area contributed by atoms with Gasteiger partial charge in [0.2, 0.25) is 0 Å². The lowest BCUT2D eigenvalue weighted by Gasteiger charge is -2.22. The number of nitrogens with one attached hydrogen (secondary N) is 1. The Balaban J connectivity index is 1.96. The minimum atomic E-state index is 0.227. The summed E-state index contributed by atoms with van der Waals surface area (Å²) in [6, 6.07) is 6.54. The van der Waals surface area contributed by atoms with Crippen molar-refractivity contribution in [2.45, 2.75) is 63.8 Å². The zero-order chi connectivity index (χ0) is 19.2. The van der Waals surface area contributed by atoms with Gasteiger partial charge < -0.3 is 20.5 Å². The van der Waals surface area contributed by atoms with Gasteiger partial charge in [-0.2, -0.15) is 0 Å². The zero-order valence-corrected chi connectivity index (χ0v) is 16.9. The molecule has 0 amide bonds. The summed E-state index contributed by atoms with van der Waals surface area (Å²) in [5.41, 5.74) is 9.05. The molecular formula is C22H33N3O2. The smallest absolute Gasteiger partial charge is 0.170 e. The highest BCUT2D eigenvalue weighted by Crippen LogP contribution is 2.41. The average Bonchev–Trinajstić information content (AvgIpc) is 2.70. The molecule has 2 aromatic rings. The van der Waals surface area contributed by atoms with E-state index in [4.69, 9.17) is 20.2 Å². The Morgan fingerprint density at radius 2 is 1.96 bits per heavy atom. The monoisotopic (exact) mass is 371 g/mol. The van der Waals surface area contributed by atoms with Crippen molar-refractivity contribution in [3.63, 3.8) is 0 Å². The topological polar surface area (TPSA) is 69.4 Å². The minimum Gasteiger partial charge on any atom is -0.493 e. The van der Waals surface area contributed by atoms with Gasteiger partial charge >= 0.3 is 0 Å². The van der Waals surface area contributed by atoms with Crippen molar-refractivity contribution in [1.29, 1.82) is 0 Å². The maximum Gasteiger partial charge on any atom is 0.170 e. The van der Waals surface area contributed by atoms with E-state index in [0.717, 1.165) is 47.5 Å². The molecule has 1 unspecified atom stereocenters. The first-order valence-corrected chi connectivity index (χ1v) is 10.2. The standard InChI is InChI=1S/C22H33N3O2/c1-15(23)8-7-13-24-19-14-20(26-2)22(27-3)17-11-12-18(25-21(17)19)16-9-5-4-6-10-16/h11-12,14-16,24H,4-10,13,23H2,1-3H3. The Morgan fingerprint density at radius 3 is 2.63 bits per heavy atom. The number of nitrogens with two attached hydrogens (primary N) is 1. The number of benzene rings is 1. The van der Waals surface area contributed by atoms with Crippen molar-refractivity contribution in [1.82, 2.24) is 4.98 Å². The van der Waals surface area contributed by atoms with E-state index in [-0.39, 0.29) is 6.04 Å². The van der Waals surface area contributed by atoms with Crippen molar-refractivity contribution >= 4 is 16.6 Å². The Labute approximate surface area is 162 Å². The first kappa shape index (κ1) is 19.7. The Hall–Kier alpha value is -2.01. The van der Waals surface area contributed by atoms with E-state index < -0.39 is 0 Å². The summed E-state index contributed by atoms with van der Waals surface area (Å²) in [5, 5.41) is 4.54. The van der Waals surface area contributed by atoms with Crippen LogP contribution in [0, 0.1) is 0 Å². The number of ether oxygens (including phenoxy) is 2. The fourth-order valence-corrected chi connectivity index (χ4v) is 4.03. The summed E-state index contributed by atoms with van der Waals surface area (Å²) < 4.78 is 11.2. The fourth-order valence-electron chi connectivity index (χ4n) is 4.03. The van der Waals surface area contributed by atoms with Gasteiger partial charge in [-0.25, -0.2) is 0 Å². The number of nitrogens with zero attached hydrogens (tertiary/aromatic N) is 1. The zero-order valence-electron chi connectivity index (χ0n) is 16.9. The molecule has 1 atom stereocenters. The molecule has 1 heterocycles. The average molecular weight is 372 g/mol. The Kier molecular flexibility index (Phi) is 6.78. The highest BCUT2D eigenvalue weighted by molar-refractivity contribution is 5.97. The highest BCUT2D eigenvalue weighted by Gasteiger charge is 2.20. The maximum absolute atomic E-state index is 5.87. The number of pyridine rings is 1. The van der Waals surface area contributed by atoms with Gasteiger partial charge in [0.15, 0.2) is 11.5 Å². The van der Waals surface area contributed by atoms with Crippen LogP contribution in [0.4, 0.5) is 5.69 Å². The van der Waals surface area contributed by atoms with Crippen molar-refractivity contribution in [2.75, 3.05) is 26.1 Å². The molecule has 1 saturated carbocycles. The second-order valence-corrected chi connectivity index (χ2v) is 7.67. The summed E-state index contributed by atoms with van der Waals surface area (Å²) in [6.07, 6.45) is 8.46. The quantitative estimate of drug-likeness (QED) is 0.650. The van der Waals surface area contributed by atoms with Crippen molar-refractivity contribution in [3.8, 4) is 11.5 Å². The van der Waals surface area contributed by atoms with Crippen LogP contribution < -0.4 is 20.5 Å². The second-order valence-electron chi connectivity index (χ2n) is 7.67. The molecule has 0 saturated heterocycles. The number of rotatable bonds is 8. The molecule has 1 fully saturated rings. The Morgan fingerprint density at radius 1 is 1.19 bits per heavy atom. The molecular weight excluding hydrogens is 338 g/mol. The molecule has 0 spiro atoms. The van der Waals surface area contributed by atoms with Crippen molar-refractivity contribution in [3.05, 3.63) is 23.9 Å². The van der Waals surface area contributed by atoms with Crippen LogP contribution in [0.5, 0.6) is 11.5 Å². The molecule has 0 bridgehead atoms. The minimum absolute atomic E-state index is 0.227. The molecule has 1 aromatic heterocycles. The number of fused-ring (bicyclic) bond motifs is 1. The Bertz CT molecular complexity index is 755. The maximum atomic E-state index is 5.87. The summed E-state index contributed by atoms with van der Waals surface area (Å²) in [6.45, 7) is 2.91. The van der Waals surface area contributed by atoms with E-state index in [0.29, 0.717) is 5.92 Å². The number of aromatic nitrogens is 1. The molecule has 0 radical (unpaired) electrons. The van der Waals surface area contributed by atoms with Gasteiger partial charge in [-0.05, 0) is 44.7 Å². The van der Waals surface area contributed by atoms with Crippen LogP contribution in [0.3, 0.4) is 0 Å². The van der Waals surface area contributed by atoms with Crippen LogP contribution in [-0.4, -0.2) is 31.8 Å². The lowest BCUT2D eigenvalue weighted by molar-refractivity contribution is 0.358. The van der Waals surface area contributed by atoms with Crippen LogP contribution in [0.15, 0.2) is 18.2 Å². The first-order chi connectivity index (χ1) is 13.1. The van der Waals surface area contributed by atoms with Gasteiger partial charge in [-0.3, -0.25) is 4.98 Å². The largest absolute Gasteiger partial charge is 0.493 e. The molecule has 1 aromatic carbocycles. The molecule has 27 heavy (non-hydrogen) atoms. The SMILES string of the molecule is COc1cc(NCCCC(C)N)c2nc(C3CCCCC3)ccc2c1OC. The van der Waals surface area contributed by atoms with Gasteiger partial charge in [0, 0.05) is 35.7 Å². The summed E-state index contributed by atoms with van der Waals surface area (Å²) in [5.74, 6) is 2.05. The third kappa shape index (κ3) is 4.64. The number of hydrogen-bond donors (Lipinski definition) is 2. The van der Waals surface area contributed by atoms with E-state index in [9.17, 15) is 0 Å². The van der Waals surface area contributed by atoms with Crippen LogP contribution >= 0.6 is 0 Å². The normalized spacial score (nSPS) is 16.3. The lowest BCUT2D eigenvalue weighted by atomic mass is 9.86. The van der Waals surface area contributed by atoms with Gasteiger partial charge in [-0.15, -0.1) is 0 Å². The van der Waals surface area contributed by atoms with E-state index in [1.165, 1.54) is 37.8 Å². The predicted molar refractivity (Wildman–Crippen MR) is 112 cm³/mol. The molecule has 148 valence electrons. The van der Waals surface area contributed by atoms with Gasteiger partial charge in [-0.1, -0.05) is 19.3 Å². The number of methoxy groups -OCH3 is 2. The predicted octanol–water partition coefficient (Wildman–Crippen LogP) is 4.84. The van der Waals surface area contributed by atoms with Crippen molar-refractivity contribution < 1.29 is 9.47 Å². The molecule has 3 N–H and O–H groups in total. The van der Waals surface area contributed by atoms with Crippen LogP contribution in [-0.2, 0) is 0 Å². The highest BCUT2D eigenvalue weighted by atomic mass is 16.5. The van der Waals surface area contributed by atoms with Crippen LogP contribution in [0.1, 0.15) is 63.5 Å². The van der Waals surface area contributed by atoms with E-state index >= 15 is 0 Å². The summed E-state index contributed by atoms with van der Waals surface area (Å²) in [7, 11) is 3.36. The van der Waals surface area contributed by atoms with Gasteiger partial charge in [0.25, 0.3) is 0 Å². The molecule has 5 heteroatoms.